The smallest absolute Gasteiger partial charge is 0.161 e. The Labute approximate surface area is 177 Å². The van der Waals surface area contributed by atoms with Crippen molar-refractivity contribution < 1.29 is 14.3 Å². The number of methoxy groups -OCH3 is 1. The van der Waals surface area contributed by atoms with Crippen LogP contribution >= 0.6 is 0 Å². The first-order valence-electron chi connectivity index (χ1n) is 10.4. The fraction of sp³-hybridized carbons (Fsp3) is 0.320. The van der Waals surface area contributed by atoms with E-state index < -0.39 is 0 Å². The maximum Gasteiger partial charge on any atom is 0.161 e. The first kappa shape index (κ1) is 20.2. The molecule has 0 amide bonds. The van der Waals surface area contributed by atoms with Crippen molar-refractivity contribution in [2.45, 2.75) is 38.9 Å². The summed E-state index contributed by atoms with van der Waals surface area (Å²) in [5.41, 5.74) is 4.86. The second kappa shape index (κ2) is 8.76. The quantitative estimate of drug-likeness (QED) is 0.571. The SMILES string of the molecule is CCOc1cc(C(CC(C)=O)N2Cc3ccccc3C2c2cc[nH]c2)ccc1OC. The van der Waals surface area contributed by atoms with Crippen molar-refractivity contribution in [1.82, 2.24) is 9.88 Å². The zero-order chi connectivity index (χ0) is 21.1. The lowest BCUT2D eigenvalue weighted by atomic mass is 9.95. The lowest BCUT2D eigenvalue weighted by Crippen LogP contribution is -2.29. The van der Waals surface area contributed by atoms with Gasteiger partial charge in [-0.1, -0.05) is 30.3 Å². The monoisotopic (exact) mass is 404 g/mol. The van der Waals surface area contributed by atoms with Crippen molar-refractivity contribution >= 4 is 5.78 Å². The van der Waals surface area contributed by atoms with E-state index in [0.717, 1.165) is 12.1 Å². The molecular formula is C25H28N2O3. The van der Waals surface area contributed by atoms with Crippen molar-refractivity contribution in [3.8, 4) is 11.5 Å². The summed E-state index contributed by atoms with van der Waals surface area (Å²) in [6.07, 6.45) is 4.44. The standard InChI is InChI=1S/C25H28N2O3/c1-4-30-24-14-18(9-10-23(24)29-3)22(13-17(2)28)27-16-20-7-5-6-8-21(20)25(27)19-11-12-26-15-19/h5-12,14-15,22,25-26H,4,13,16H2,1-3H3. The predicted octanol–water partition coefficient (Wildman–Crippen LogP) is 5.05. The average molecular weight is 405 g/mol. The first-order chi connectivity index (χ1) is 14.6. The largest absolute Gasteiger partial charge is 0.493 e. The summed E-state index contributed by atoms with van der Waals surface area (Å²) in [6, 6.07) is 16.7. The van der Waals surface area contributed by atoms with Gasteiger partial charge in [0.25, 0.3) is 0 Å². The van der Waals surface area contributed by atoms with Gasteiger partial charge in [0.15, 0.2) is 11.5 Å². The fourth-order valence-electron chi connectivity index (χ4n) is 4.45. The van der Waals surface area contributed by atoms with E-state index in [0.29, 0.717) is 24.5 Å². The summed E-state index contributed by atoms with van der Waals surface area (Å²) < 4.78 is 11.3. The summed E-state index contributed by atoms with van der Waals surface area (Å²) in [7, 11) is 1.64. The highest BCUT2D eigenvalue weighted by Crippen LogP contribution is 2.45. The number of aromatic nitrogens is 1. The van der Waals surface area contributed by atoms with Gasteiger partial charge in [0, 0.05) is 31.4 Å². The van der Waals surface area contributed by atoms with Crippen LogP contribution in [0, 0.1) is 0 Å². The number of fused-ring (bicyclic) bond motifs is 1. The van der Waals surface area contributed by atoms with Gasteiger partial charge < -0.3 is 14.5 Å². The lowest BCUT2D eigenvalue weighted by molar-refractivity contribution is -0.118. The van der Waals surface area contributed by atoms with Crippen LogP contribution in [-0.2, 0) is 11.3 Å². The van der Waals surface area contributed by atoms with Gasteiger partial charge in [-0.15, -0.1) is 0 Å². The summed E-state index contributed by atoms with van der Waals surface area (Å²) in [5, 5.41) is 0. The zero-order valence-corrected chi connectivity index (χ0v) is 17.7. The average Bonchev–Trinajstić information content (AvgIpc) is 3.39. The van der Waals surface area contributed by atoms with Crippen LogP contribution in [0.5, 0.6) is 11.5 Å². The van der Waals surface area contributed by atoms with Crippen LogP contribution in [0.4, 0.5) is 0 Å². The summed E-state index contributed by atoms with van der Waals surface area (Å²) in [4.78, 5) is 17.9. The first-order valence-corrected chi connectivity index (χ1v) is 10.4. The molecule has 5 heteroatoms. The Balaban J connectivity index is 1.79. The molecule has 0 radical (unpaired) electrons. The van der Waals surface area contributed by atoms with Crippen molar-refractivity contribution in [2.75, 3.05) is 13.7 Å². The Morgan fingerprint density at radius 2 is 2.03 bits per heavy atom. The number of nitrogens with zero attached hydrogens (tertiary/aromatic N) is 1. The van der Waals surface area contributed by atoms with Gasteiger partial charge >= 0.3 is 0 Å². The van der Waals surface area contributed by atoms with E-state index in [2.05, 4.69) is 40.2 Å². The van der Waals surface area contributed by atoms with Crippen LogP contribution in [0.1, 0.15) is 54.6 Å². The second-order valence-corrected chi connectivity index (χ2v) is 7.68. The van der Waals surface area contributed by atoms with Crippen LogP contribution in [-0.4, -0.2) is 29.4 Å². The van der Waals surface area contributed by atoms with Crippen LogP contribution < -0.4 is 9.47 Å². The molecule has 3 aromatic rings. The number of benzene rings is 2. The molecule has 0 aliphatic carbocycles. The minimum absolute atomic E-state index is 0.0695. The maximum absolute atomic E-state index is 12.3. The van der Waals surface area contributed by atoms with Crippen molar-refractivity contribution in [1.29, 1.82) is 0 Å². The maximum atomic E-state index is 12.3. The molecule has 2 unspecified atom stereocenters. The number of H-pyrrole nitrogens is 1. The number of aromatic amines is 1. The number of hydrogen-bond donors (Lipinski definition) is 1. The molecule has 0 bridgehead atoms. The molecule has 0 fully saturated rings. The van der Waals surface area contributed by atoms with Crippen LogP contribution in [0.15, 0.2) is 60.9 Å². The fourth-order valence-corrected chi connectivity index (χ4v) is 4.45. The van der Waals surface area contributed by atoms with Crippen LogP contribution in [0.3, 0.4) is 0 Å². The second-order valence-electron chi connectivity index (χ2n) is 7.68. The zero-order valence-electron chi connectivity index (χ0n) is 17.7. The number of ether oxygens (including phenoxy) is 2. The van der Waals surface area contributed by atoms with E-state index >= 15 is 0 Å². The van der Waals surface area contributed by atoms with Gasteiger partial charge in [-0.2, -0.15) is 0 Å². The Morgan fingerprint density at radius 1 is 1.20 bits per heavy atom. The van der Waals surface area contributed by atoms with E-state index in [-0.39, 0.29) is 17.9 Å². The number of nitrogens with one attached hydrogen (secondary N) is 1. The molecule has 1 aliphatic heterocycles. The number of Topliss-reactive ketones (excluding diaryl/α,β-unsaturated/α-hetero) is 1. The molecule has 0 spiro atoms. The van der Waals surface area contributed by atoms with E-state index in [1.165, 1.54) is 16.7 Å². The number of hydrogen-bond acceptors (Lipinski definition) is 4. The Bertz CT molecular complexity index is 1010. The number of carbonyl (C=O) groups is 1. The topological polar surface area (TPSA) is 54.6 Å². The van der Waals surface area contributed by atoms with Gasteiger partial charge in [-0.05, 0) is 54.3 Å². The minimum atomic E-state index is -0.0695. The third kappa shape index (κ3) is 3.85. The van der Waals surface area contributed by atoms with Gasteiger partial charge in [0.05, 0.1) is 19.8 Å². The van der Waals surface area contributed by atoms with Crippen molar-refractivity contribution in [3.63, 3.8) is 0 Å². The number of carbonyl (C=O) groups excluding carboxylic acids is 1. The molecule has 156 valence electrons. The minimum Gasteiger partial charge on any atom is -0.493 e. The molecule has 1 aromatic heterocycles. The van der Waals surface area contributed by atoms with Gasteiger partial charge in [-0.25, -0.2) is 0 Å². The third-order valence-electron chi connectivity index (χ3n) is 5.73. The number of ketones is 1. The van der Waals surface area contributed by atoms with E-state index in [1.54, 1.807) is 14.0 Å². The molecule has 5 nitrogen and oxygen atoms in total. The Morgan fingerprint density at radius 3 is 2.73 bits per heavy atom. The lowest BCUT2D eigenvalue weighted by Gasteiger charge is -2.33. The van der Waals surface area contributed by atoms with Crippen LogP contribution in [0.25, 0.3) is 0 Å². The van der Waals surface area contributed by atoms with Gasteiger partial charge in [0.1, 0.15) is 5.78 Å². The Kier molecular flexibility index (Phi) is 5.91. The Hall–Kier alpha value is -3.05. The molecule has 2 heterocycles. The van der Waals surface area contributed by atoms with E-state index in [4.69, 9.17) is 9.47 Å². The summed E-state index contributed by atoms with van der Waals surface area (Å²) in [6.45, 7) is 4.96. The van der Waals surface area contributed by atoms with E-state index in [1.807, 2.05) is 37.5 Å². The normalized spacial score (nSPS) is 16.8. The highest BCUT2D eigenvalue weighted by atomic mass is 16.5. The van der Waals surface area contributed by atoms with Crippen molar-refractivity contribution in [3.05, 3.63) is 83.2 Å². The number of rotatable bonds is 8. The highest BCUT2D eigenvalue weighted by molar-refractivity contribution is 5.76. The molecule has 30 heavy (non-hydrogen) atoms. The molecule has 1 aliphatic rings. The summed E-state index contributed by atoms with van der Waals surface area (Å²) in [5.74, 6) is 1.58. The predicted molar refractivity (Wildman–Crippen MR) is 117 cm³/mol. The van der Waals surface area contributed by atoms with Gasteiger partial charge in [-0.3, -0.25) is 9.69 Å². The molecule has 2 aromatic carbocycles. The third-order valence-corrected chi connectivity index (χ3v) is 5.73. The molecule has 0 saturated carbocycles. The molecule has 0 saturated heterocycles. The highest BCUT2D eigenvalue weighted by Gasteiger charge is 2.37. The van der Waals surface area contributed by atoms with E-state index in [9.17, 15) is 4.79 Å². The molecular weight excluding hydrogens is 376 g/mol. The molecule has 1 N–H and O–H groups in total. The van der Waals surface area contributed by atoms with Gasteiger partial charge in [0.2, 0.25) is 0 Å². The molecule has 2 atom stereocenters. The molecule has 4 rings (SSSR count). The van der Waals surface area contributed by atoms with Crippen molar-refractivity contribution in [2.24, 2.45) is 0 Å². The van der Waals surface area contributed by atoms with Crippen LogP contribution in [0.2, 0.25) is 0 Å². The summed E-state index contributed by atoms with van der Waals surface area (Å²) >= 11 is 0.